The predicted octanol–water partition coefficient (Wildman–Crippen LogP) is 1.66. The molecule has 1 aliphatic carbocycles. The van der Waals surface area contributed by atoms with Crippen molar-refractivity contribution in [2.75, 3.05) is 7.05 Å². The molecule has 116 valence electrons. The van der Waals surface area contributed by atoms with E-state index >= 15 is 0 Å². The minimum atomic E-state index is -0.424. The van der Waals surface area contributed by atoms with Gasteiger partial charge >= 0.3 is 0 Å². The van der Waals surface area contributed by atoms with Crippen LogP contribution in [0, 0.1) is 5.82 Å². The van der Waals surface area contributed by atoms with Crippen LogP contribution in [0.4, 0.5) is 4.39 Å². The molecule has 0 saturated heterocycles. The number of benzene rings is 1. The number of hydrogen-bond acceptors (Lipinski definition) is 4. The highest BCUT2D eigenvalue weighted by Gasteiger charge is 2.26. The van der Waals surface area contributed by atoms with Gasteiger partial charge in [0.15, 0.2) is 5.84 Å². The number of oxime groups is 1. The summed E-state index contributed by atoms with van der Waals surface area (Å²) in [6.45, 7) is 0.505. The standard InChI is InChI=1S/C15H22FN3O2/c1-19(13-4-2-3-5-14(13)20)9-10-6-11(15(17)18-21)8-12(16)7-10/h6-8,13-14,20-21H,2-5,9H2,1H3,(H2,17,18). The van der Waals surface area contributed by atoms with E-state index in [0.717, 1.165) is 31.2 Å². The van der Waals surface area contributed by atoms with Gasteiger partial charge in [-0.05, 0) is 43.7 Å². The smallest absolute Gasteiger partial charge is 0.170 e. The van der Waals surface area contributed by atoms with Gasteiger partial charge in [-0.1, -0.05) is 18.0 Å². The zero-order valence-corrected chi connectivity index (χ0v) is 12.2. The quantitative estimate of drug-likeness (QED) is 0.341. The summed E-state index contributed by atoms with van der Waals surface area (Å²) in [5.41, 5.74) is 6.59. The van der Waals surface area contributed by atoms with Crippen LogP contribution in [0.25, 0.3) is 0 Å². The molecule has 5 nitrogen and oxygen atoms in total. The first kappa shape index (κ1) is 15.7. The van der Waals surface area contributed by atoms with Crippen molar-refractivity contribution in [2.24, 2.45) is 10.9 Å². The van der Waals surface area contributed by atoms with Gasteiger partial charge in [0.2, 0.25) is 0 Å². The molecule has 6 heteroatoms. The summed E-state index contributed by atoms with van der Waals surface area (Å²) in [7, 11) is 1.92. The maximum absolute atomic E-state index is 13.6. The molecule has 4 N–H and O–H groups in total. The molecule has 0 heterocycles. The minimum Gasteiger partial charge on any atom is -0.409 e. The second-order valence-electron chi connectivity index (χ2n) is 5.67. The Morgan fingerprint density at radius 1 is 1.38 bits per heavy atom. The fourth-order valence-electron chi connectivity index (χ4n) is 2.96. The minimum absolute atomic E-state index is 0.0920. The Balaban J connectivity index is 2.13. The summed E-state index contributed by atoms with van der Waals surface area (Å²) in [5, 5.41) is 21.6. The molecule has 1 aromatic rings. The molecule has 2 unspecified atom stereocenters. The fourth-order valence-corrected chi connectivity index (χ4v) is 2.96. The third kappa shape index (κ3) is 3.92. The number of amidine groups is 1. The van der Waals surface area contributed by atoms with E-state index in [0.29, 0.717) is 12.1 Å². The van der Waals surface area contributed by atoms with Gasteiger partial charge in [-0.3, -0.25) is 4.90 Å². The van der Waals surface area contributed by atoms with Gasteiger partial charge in [0.05, 0.1) is 6.10 Å². The van der Waals surface area contributed by atoms with Crippen LogP contribution in [0.2, 0.25) is 0 Å². The molecular formula is C15H22FN3O2. The van der Waals surface area contributed by atoms with Crippen molar-refractivity contribution in [3.05, 3.63) is 35.1 Å². The van der Waals surface area contributed by atoms with Crippen molar-refractivity contribution < 1.29 is 14.7 Å². The van der Waals surface area contributed by atoms with Crippen molar-refractivity contribution in [3.63, 3.8) is 0 Å². The van der Waals surface area contributed by atoms with Gasteiger partial charge in [0.1, 0.15) is 5.82 Å². The van der Waals surface area contributed by atoms with E-state index in [1.165, 1.54) is 12.1 Å². The maximum atomic E-state index is 13.6. The molecule has 0 radical (unpaired) electrons. The van der Waals surface area contributed by atoms with Crippen LogP contribution in [0.1, 0.15) is 36.8 Å². The van der Waals surface area contributed by atoms with Crippen LogP contribution in [-0.2, 0) is 6.54 Å². The lowest BCUT2D eigenvalue weighted by molar-refractivity contribution is 0.0288. The summed E-state index contributed by atoms with van der Waals surface area (Å²) in [6, 6.07) is 4.45. The number of aliphatic hydroxyl groups excluding tert-OH is 1. The topological polar surface area (TPSA) is 82.1 Å². The van der Waals surface area contributed by atoms with E-state index in [1.807, 2.05) is 11.9 Å². The molecule has 0 bridgehead atoms. The first-order valence-electron chi connectivity index (χ1n) is 7.17. The fraction of sp³-hybridized carbons (Fsp3) is 0.533. The third-order valence-electron chi connectivity index (χ3n) is 4.05. The molecule has 0 aromatic heterocycles. The number of halogens is 1. The number of nitrogens with zero attached hydrogens (tertiary/aromatic N) is 2. The van der Waals surface area contributed by atoms with E-state index in [-0.39, 0.29) is 18.0 Å². The monoisotopic (exact) mass is 295 g/mol. The molecule has 2 atom stereocenters. The van der Waals surface area contributed by atoms with Gasteiger partial charge in [0.25, 0.3) is 0 Å². The molecule has 2 rings (SSSR count). The van der Waals surface area contributed by atoms with Crippen LogP contribution in [0.3, 0.4) is 0 Å². The number of hydrogen-bond donors (Lipinski definition) is 3. The van der Waals surface area contributed by atoms with Crippen LogP contribution in [0.5, 0.6) is 0 Å². The van der Waals surface area contributed by atoms with Gasteiger partial charge in [0, 0.05) is 18.2 Å². The second-order valence-corrected chi connectivity index (χ2v) is 5.67. The highest BCUT2D eigenvalue weighted by Crippen LogP contribution is 2.24. The highest BCUT2D eigenvalue weighted by molar-refractivity contribution is 5.97. The van der Waals surface area contributed by atoms with Crippen LogP contribution < -0.4 is 5.73 Å². The molecular weight excluding hydrogens is 273 g/mol. The van der Waals surface area contributed by atoms with Gasteiger partial charge < -0.3 is 16.0 Å². The van der Waals surface area contributed by atoms with Crippen molar-refractivity contribution in [1.82, 2.24) is 4.90 Å². The molecule has 0 spiro atoms. The lowest BCUT2D eigenvalue weighted by atomic mass is 9.91. The Bertz CT molecular complexity index is 522. The Morgan fingerprint density at radius 3 is 2.76 bits per heavy atom. The zero-order chi connectivity index (χ0) is 15.4. The summed E-state index contributed by atoms with van der Waals surface area (Å²) < 4.78 is 13.6. The first-order chi connectivity index (χ1) is 10.0. The molecule has 0 amide bonds. The third-order valence-corrected chi connectivity index (χ3v) is 4.05. The number of likely N-dealkylation sites (N-methyl/N-ethyl adjacent to an activating group) is 1. The summed E-state index contributed by atoms with van der Waals surface area (Å²) in [6.07, 6.45) is 3.58. The summed E-state index contributed by atoms with van der Waals surface area (Å²) in [5.74, 6) is -0.539. The largest absolute Gasteiger partial charge is 0.409 e. The summed E-state index contributed by atoms with van der Waals surface area (Å²) in [4.78, 5) is 2.04. The zero-order valence-electron chi connectivity index (χ0n) is 12.2. The van der Waals surface area contributed by atoms with E-state index in [4.69, 9.17) is 10.9 Å². The lowest BCUT2D eigenvalue weighted by Crippen LogP contribution is -2.42. The molecule has 1 fully saturated rings. The lowest BCUT2D eigenvalue weighted by Gasteiger charge is -2.35. The van der Waals surface area contributed by atoms with Gasteiger partial charge in [-0.25, -0.2) is 4.39 Å². The molecule has 21 heavy (non-hydrogen) atoms. The average Bonchev–Trinajstić information content (AvgIpc) is 2.46. The van der Waals surface area contributed by atoms with Crippen LogP contribution in [-0.4, -0.2) is 40.2 Å². The van der Waals surface area contributed by atoms with Gasteiger partial charge in [-0.2, -0.15) is 0 Å². The van der Waals surface area contributed by atoms with Gasteiger partial charge in [-0.15, -0.1) is 0 Å². The highest BCUT2D eigenvalue weighted by atomic mass is 19.1. The van der Waals surface area contributed by atoms with Crippen molar-refractivity contribution >= 4 is 5.84 Å². The summed E-state index contributed by atoms with van der Waals surface area (Å²) >= 11 is 0. The molecule has 1 aromatic carbocycles. The molecule has 1 aliphatic rings. The number of rotatable bonds is 4. The van der Waals surface area contributed by atoms with Crippen molar-refractivity contribution in [3.8, 4) is 0 Å². The van der Waals surface area contributed by atoms with Crippen molar-refractivity contribution in [1.29, 1.82) is 0 Å². The first-order valence-corrected chi connectivity index (χ1v) is 7.17. The normalized spacial score (nSPS) is 23.5. The number of nitrogens with two attached hydrogens (primary N) is 1. The Kier molecular flexibility index (Phi) is 5.14. The Morgan fingerprint density at radius 2 is 2.10 bits per heavy atom. The molecule has 0 aliphatic heterocycles. The predicted molar refractivity (Wildman–Crippen MR) is 78.6 cm³/mol. The molecule has 1 saturated carbocycles. The van der Waals surface area contributed by atoms with E-state index in [2.05, 4.69) is 5.16 Å². The van der Waals surface area contributed by atoms with Crippen LogP contribution in [0.15, 0.2) is 23.4 Å². The van der Waals surface area contributed by atoms with Crippen LogP contribution >= 0.6 is 0 Å². The van der Waals surface area contributed by atoms with E-state index < -0.39 is 5.82 Å². The number of aliphatic hydroxyl groups is 1. The maximum Gasteiger partial charge on any atom is 0.170 e. The Labute approximate surface area is 123 Å². The second kappa shape index (κ2) is 6.87. The average molecular weight is 295 g/mol. The SMILES string of the molecule is CN(Cc1cc(F)cc(/C(N)=N/O)c1)C1CCCCC1O. The Hall–Kier alpha value is -1.66. The van der Waals surface area contributed by atoms with E-state index in [9.17, 15) is 9.50 Å². The van der Waals surface area contributed by atoms with E-state index in [1.54, 1.807) is 6.07 Å². The van der Waals surface area contributed by atoms with Crippen molar-refractivity contribution in [2.45, 2.75) is 44.4 Å².